The molecule has 9 heteroatoms. The first kappa shape index (κ1) is 20.5. The van der Waals surface area contributed by atoms with Crippen molar-refractivity contribution >= 4 is 21.9 Å². The lowest BCUT2D eigenvalue weighted by atomic mass is 10.2. The number of ether oxygens (including phenoxy) is 1. The van der Waals surface area contributed by atoms with E-state index in [1.165, 1.54) is 6.26 Å². The maximum Gasteiger partial charge on any atom is 0.410 e. The average molecular weight is 362 g/mol. The molecule has 1 fully saturated rings. The van der Waals surface area contributed by atoms with Crippen molar-refractivity contribution in [3.63, 3.8) is 0 Å². The number of sulfone groups is 1. The molecule has 0 spiro atoms. The highest BCUT2D eigenvalue weighted by molar-refractivity contribution is 7.92. The molecule has 24 heavy (non-hydrogen) atoms. The van der Waals surface area contributed by atoms with Gasteiger partial charge in [-0.05, 0) is 34.6 Å². The Morgan fingerprint density at radius 2 is 1.54 bits per heavy atom. The molecule has 0 aromatic rings. The zero-order valence-electron chi connectivity index (χ0n) is 15.5. The molecular weight excluding hydrogens is 332 g/mol. The topological polar surface area (TPSA) is 105 Å². The van der Waals surface area contributed by atoms with E-state index in [9.17, 15) is 13.2 Å². The number of guanidine groups is 1. The smallest absolute Gasteiger partial charge is 0.410 e. The Hall–Kier alpha value is -1.51. The number of carbonyl (C=O) groups is 1. The molecule has 1 saturated heterocycles. The monoisotopic (exact) mass is 362 g/mol. The molecule has 0 aromatic heterocycles. The number of amides is 1. The number of hydrogen-bond donors (Lipinski definition) is 1. The van der Waals surface area contributed by atoms with Gasteiger partial charge in [0.2, 0.25) is 0 Å². The Labute approximate surface area is 144 Å². The van der Waals surface area contributed by atoms with Crippen LogP contribution in [0.5, 0.6) is 0 Å². The second-order valence-electron chi connectivity index (χ2n) is 7.66. The fourth-order valence-electron chi connectivity index (χ4n) is 1.93. The lowest BCUT2D eigenvalue weighted by molar-refractivity contribution is 0.0186. The highest BCUT2D eigenvalue weighted by Gasteiger charge is 2.31. The van der Waals surface area contributed by atoms with Gasteiger partial charge in [-0.15, -0.1) is 0 Å². The first-order chi connectivity index (χ1) is 10.7. The molecule has 0 aliphatic carbocycles. The van der Waals surface area contributed by atoms with Crippen LogP contribution in [0.3, 0.4) is 0 Å². The van der Waals surface area contributed by atoms with Gasteiger partial charge in [-0.25, -0.2) is 13.2 Å². The summed E-state index contributed by atoms with van der Waals surface area (Å²) in [5.74, 6) is 0.301. The van der Waals surface area contributed by atoms with Crippen LogP contribution in [0.25, 0.3) is 0 Å². The molecule has 1 heterocycles. The van der Waals surface area contributed by atoms with Gasteiger partial charge in [-0.3, -0.25) is 4.99 Å². The molecule has 1 aliphatic heterocycles. The molecule has 1 amide bonds. The summed E-state index contributed by atoms with van der Waals surface area (Å²) in [5.41, 5.74) is 5.45. The standard InChI is InChI=1S/C15H30N4O4S/c1-14(2,3)23-13(20)19-9-7-18(8-10-19)12(16)17-11-15(4,5)24(6,21)22/h7-11H2,1-6H3,(H2,16,17). The van der Waals surface area contributed by atoms with Crippen molar-refractivity contribution in [1.82, 2.24) is 9.80 Å². The van der Waals surface area contributed by atoms with Crippen LogP contribution in [0, 0.1) is 0 Å². The Bertz CT molecular complexity index is 585. The second-order valence-corrected chi connectivity index (χ2v) is 10.3. The number of hydrogen-bond acceptors (Lipinski definition) is 5. The van der Waals surface area contributed by atoms with Crippen molar-refractivity contribution < 1.29 is 17.9 Å². The molecule has 0 unspecified atom stereocenters. The number of nitrogens with two attached hydrogens (primary N) is 1. The van der Waals surface area contributed by atoms with Crippen molar-refractivity contribution in [2.45, 2.75) is 45.0 Å². The Kier molecular flexibility index (Phi) is 6.13. The Morgan fingerprint density at radius 3 is 1.96 bits per heavy atom. The third-order valence-corrected chi connectivity index (χ3v) is 6.02. The highest BCUT2D eigenvalue weighted by Crippen LogP contribution is 2.16. The van der Waals surface area contributed by atoms with Crippen LogP contribution < -0.4 is 5.73 Å². The number of nitrogens with zero attached hydrogens (tertiary/aromatic N) is 3. The quantitative estimate of drug-likeness (QED) is 0.584. The molecule has 1 aliphatic rings. The van der Waals surface area contributed by atoms with Crippen LogP contribution in [0.4, 0.5) is 4.79 Å². The largest absolute Gasteiger partial charge is 0.444 e. The Morgan fingerprint density at radius 1 is 1.08 bits per heavy atom. The molecule has 0 aromatic carbocycles. The van der Waals surface area contributed by atoms with Gasteiger partial charge in [0.1, 0.15) is 5.60 Å². The van der Waals surface area contributed by atoms with Crippen molar-refractivity contribution in [2.24, 2.45) is 10.7 Å². The van der Waals surface area contributed by atoms with E-state index in [2.05, 4.69) is 4.99 Å². The van der Waals surface area contributed by atoms with Crippen LogP contribution in [0.1, 0.15) is 34.6 Å². The van der Waals surface area contributed by atoms with Crippen molar-refractivity contribution in [2.75, 3.05) is 39.0 Å². The predicted molar refractivity (Wildman–Crippen MR) is 94.8 cm³/mol. The van der Waals surface area contributed by atoms with E-state index in [0.29, 0.717) is 32.1 Å². The van der Waals surface area contributed by atoms with E-state index >= 15 is 0 Å². The van der Waals surface area contributed by atoms with E-state index in [1.54, 1.807) is 18.7 Å². The summed E-state index contributed by atoms with van der Waals surface area (Å²) >= 11 is 0. The van der Waals surface area contributed by atoms with Gasteiger partial charge < -0.3 is 20.3 Å². The van der Waals surface area contributed by atoms with Crippen LogP contribution in [0.2, 0.25) is 0 Å². The molecule has 0 radical (unpaired) electrons. The van der Waals surface area contributed by atoms with Crippen molar-refractivity contribution in [3.8, 4) is 0 Å². The van der Waals surface area contributed by atoms with Crippen LogP contribution in [0.15, 0.2) is 4.99 Å². The average Bonchev–Trinajstić information content (AvgIpc) is 2.42. The van der Waals surface area contributed by atoms with E-state index in [4.69, 9.17) is 10.5 Å². The fraction of sp³-hybridized carbons (Fsp3) is 0.867. The van der Waals surface area contributed by atoms with Gasteiger partial charge in [0.05, 0.1) is 11.3 Å². The predicted octanol–water partition coefficient (Wildman–Crippen LogP) is 0.677. The molecule has 0 saturated carbocycles. The molecule has 1 rings (SSSR count). The maximum atomic E-state index is 12.0. The molecule has 0 bridgehead atoms. The van der Waals surface area contributed by atoms with E-state index in [-0.39, 0.29) is 12.6 Å². The number of carbonyl (C=O) groups excluding carboxylic acids is 1. The highest BCUT2D eigenvalue weighted by atomic mass is 32.2. The second kappa shape index (κ2) is 7.16. The number of piperazine rings is 1. The summed E-state index contributed by atoms with van der Waals surface area (Å²) < 4.78 is 27.8. The summed E-state index contributed by atoms with van der Waals surface area (Å²) in [6.45, 7) is 10.9. The van der Waals surface area contributed by atoms with Crippen LogP contribution >= 0.6 is 0 Å². The summed E-state index contributed by atoms with van der Waals surface area (Å²) in [6.07, 6.45) is 0.856. The zero-order valence-corrected chi connectivity index (χ0v) is 16.3. The third-order valence-electron chi connectivity index (χ3n) is 3.88. The molecule has 140 valence electrons. The van der Waals surface area contributed by atoms with Crippen LogP contribution in [-0.2, 0) is 14.6 Å². The summed E-state index contributed by atoms with van der Waals surface area (Å²) in [4.78, 5) is 19.7. The third kappa shape index (κ3) is 5.85. The molecular formula is C15H30N4O4S. The minimum atomic E-state index is -3.22. The number of rotatable bonds is 3. The summed E-state index contributed by atoms with van der Waals surface area (Å²) in [6, 6.07) is 0. The van der Waals surface area contributed by atoms with Gasteiger partial charge in [0.15, 0.2) is 15.8 Å². The molecule has 8 nitrogen and oxygen atoms in total. The minimum Gasteiger partial charge on any atom is -0.444 e. The maximum absolute atomic E-state index is 12.0. The van der Waals surface area contributed by atoms with Crippen LogP contribution in [-0.4, -0.2) is 79.6 Å². The normalized spacial score (nSPS) is 17.8. The minimum absolute atomic E-state index is 0.101. The van der Waals surface area contributed by atoms with Gasteiger partial charge in [-0.2, -0.15) is 0 Å². The van der Waals surface area contributed by atoms with Gasteiger partial charge >= 0.3 is 6.09 Å². The first-order valence-corrected chi connectivity index (χ1v) is 9.84. The molecule has 2 N–H and O–H groups in total. The van der Waals surface area contributed by atoms with E-state index < -0.39 is 20.2 Å². The lowest BCUT2D eigenvalue weighted by Crippen LogP contribution is -2.53. The van der Waals surface area contributed by atoms with Crippen molar-refractivity contribution in [3.05, 3.63) is 0 Å². The zero-order chi connectivity index (χ0) is 18.8. The van der Waals surface area contributed by atoms with Gasteiger partial charge in [-0.1, -0.05) is 0 Å². The molecule has 0 atom stereocenters. The first-order valence-electron chi connectivity index (χ1n) is 7.95. The summed E-state index contributed by atoms with van der Waals surface area (Å²) in [5, 5.41) is 0. The SMILES string of the molecule is CC(C)(C)OC(=O)N1CCN(C(N)=NCC(C)(C)S(C)(=O)=O)CC1. The number of aliphatic imine (C=N–C) groups is 1. The lowest BCUT2D eigenvalue weighted by Gasteiger charge is -2.36. The van der Waals surface area contributed by atoms with E-state index in [1.807, 2.05) is 25.7 Å². The van der Waals surface area contributed by atoms with Gasteiger partial charge in [0.25, 0.3) is 0 Å². The van der Waals surface area contributed by atoms with Gasteiger partial charge in [0, 0.05) is 32.4 Å². The van der Waals surface area contributed by atoms with Crippen molar-refractivity contribution in [1.29, 1.82) is 0 Å². The van der Waals surface area contributed by atoms with E-state index in [0.717, 1.165) is 0 Å². The fourth-order valence-corrected chi connectivity index (χ4v) is 2.23. The summed E-state index contributed by atoms with van der Waals surface area (Å²) in [7, 11) is -3.22. The Balaban J connectivity index is 2.58.